The van der Waals surface area contributed by atoms with Gasteiger partial charge < -0.3 is 19.9 Å². The second kappa shape index (κ2) is 8.37. The summed E-state index contributed by atoms with van der Waals surface area (Å²) in [5, 5.41) is 6.14. The van der Waals surface area contributed by atoms with Crippen molar-refractivity contribution < 1.29 is 9.53 Å². The number of aryl methyl sites for hydroxylation is 1. The Morgan fingerprint density at radius 2 is 1.94 bits per heavy atom. The van der Waals surface area contributed by atoms with E-state index in [9.17, 15) is 4.79 Å². The van der Waals surface area contributed by atoms with Crippen molar-refractivity contribution in [1.29, 1.82) is 0 Å². The van der Waals surface area contributed by atoms with Crippen molar-refractivity contribution in [3.05, 3.63) is 71.2 Å². The van der Waals surface area contributed by atoms with E-state index in [1.54, 1.807) is 0 Å². The third-order valence-electron chi connectivity index (χ3n) is 6.58. The van der Waals surface area contributed by atoms with E-state index in [1.807, 2.05) is 12.3 Å². The number of aromatic amines is 1. The molecule has 2 aromatic carbocycles. The number of hydrogen-bond donors (Lipinski definition) is 2. The normalized spacial score (nSPS) is 16.8. The quantitative estimate of drug-likeness (QED) is 0.497. The number of aromatic nitrogens is 2. The monoisotopic (exact) mass is 438 g/mol. The minimum Gasteiger partial charge on any atom is -0.378 e. The summed E-state index contributed by atoms with van der Waals surface area (Å²) in [6, 6.07) is 14.8. The smallest absolute Gasteiger partial charge is 0.253 e. The standard InChI is InChI=1S/C27H26N4O2/c32-27-25-22-9-7-19-17-29-20(16-23(19)26(22)30-24(25)5-2-10-28-27)8-6-18-3-1-4-21(15-18)31-11-13-33-14-12-31/h1,3-4,6-9,15-17,30H,2,5,10-14H2,(H,28,32)/b8-6+. The predicted octanol–water partition coefficient (Wildman–Crippen LogP) is 4.40. The van der Waals surface area contributed by atoms with Crippen LogP contribution in [0.15, 0.2) is 48.7 Å². The van der Waals surface area contributed by atoms with Gasteiger partial charge in [-0.05, 0) is 42.7 Å². The Balaban J connectivity index is 1.35. The predicted molar refractivity (Wildman–Crippen MR) is 133 cm³/mol. The molecule has 6 rings (SSSR count). The van der Waals surface area contributed by atoms with Crippen molar-refractivity contribution in [3.8, 4) is 0 Å². The molecule has 0 unspecified atom stereocenters. The number of H-pyrrole nitrogens is 1. The van der Waals surface area contributed by atoms with Crippen LogP contribution in [-0.4, -0.2) is 48.7 Å². The summed E-state index contributed by atoms with van der Waals surface area (Å²) in [5.74, 6) is 0.0161. The van der Waals surface area contributed by atoms with Gasteiger partial charge in [0.2, 0.25) is 0 Å². The summed E-state index contributed by atoms with van der Waals surface area (Å²) in [5.41, 5.74) is 6.09. The fourth-order valence-electron chi connectivity index (χ4n) is 4.87. The number of nitrogens with one attached hydrogen (secondary N) is 2. The van der Waals surface area contributed by atoms with Gasteiger partial charge in [0.05, 0.1) is 30.0 Å². The Kier molecular flexibility index (Phi) is 5.07. The summed E-state index contributed by atoms with van der Waals surface area (Å²) in [4.78, 5) is 23.2. The lowest BCUT2D eigenvalue weighted by atomic mass is 10.0. The van der Waals surface area contributed by atoms with Gasteiger partial charge in [-0.15, -0.1) is 0 Å². The minimum absolute atomic E-state index is 0.0161. The summed E-state index contributed by atoms with van der Waals surface area (Å²) in [7, 11) is 0. The van der Waals surface area contributed by atoms with Crippen molar-refractivity contribution in [1.82, 2.24) is 15.3 Å². The third-order valence-corrected chi connectivity index (χ3v) is 6.58. The number of fused-ring (bicyclic) bond motifs is 5. The molecular formula is C27H26N4O2. The van der Waals surface area contributed by atoms with Crippen LogP contribution in [0.4, 0.5) is 5.69 Å². The molecule has 1 saturated heterocycles. The highest BCUT2D eigenvalue weighted by Gasteiger charge is 2.21. The zero-order chi connectivity index (χ0) is 22.2. The number of pyridine rings is 1. The molecule has 166 valence electrons. The van der Waals surface area contributed by atoms with Crippen LogP contribution >= 0.6 is 0 Å². The van der Waals surface area contributed by atoms with Crippen LogP contribution in [0.5, 0.6) is 0 Å². The molecule has 0 spiro atoms. The number of carbonyl (C=O) groups is 1. The van der Waals surface area contributed by atoms with E-state index < -0.39 is 0 Å². The summed E-state index contributed by atoms with van der Waals surface area (Å²) in [6.07, 6.45) is 7.89. The summed E-state index contributed by atoms with van der Waals surface area (Å²) in [6.45, 7) is 4.13. The molecule has 2 aliphatic heterocycles. The fourth-order valence-corrected chi connectivity index (χ4v) is 4.87. The van der Waals surface area contributed by atoms with Gasteiger partial charge in [0.15, 0.2) is 0 Å². The van der Waals surface area contributed by atoms with Gasteiger partial charge in [-0.3, -0.25) is 9.78 Å². The Morgan fingerprint density at radius 3 is 2.85 bits per heavy atom. The molecule has 0 atom stereocenters. The number of hydrogen-bond acceptors (Lipinski definition) is 4. The number of ether oxygens (including phenoxy) is 1. The van der Waals surface area contributed by atoms with Gasteiger partial charge in [0.1, 0.15) is 0 Å². The number of anilines is 1. The Hall–Kier alpha value is -3.64. The first-order chi connectivity index (χ1) is 16.3. The molecule has 1 amide bonds. The minimum atomic E-state index is 0.0161. The van der Waals surface area contributed by atoms with Crippen LogP contribution < -0.4 is 10.2 Å². The highest BCUT2D eigenvalue weighted by molar-refractivity contribution is 6.15. The second-order valence-electron chi connectivity index (χ2n) is 8.68. The molecule has 0 saturated carbocycles. The van der Waals surface area contributed by atoms with E-state index in [2.05, 4.69) is 68.7 Å². The fraction of sp³-hybridized carbons (Fsp3) is 0.259. The van der Waals surface area contributed by atoms with Crippen molar-refractivity contribution in [3.63, 3.8) is 0 Å². The number of carbonyl (C=O) groups excluding carboxylic acids is 1. The van der Waals surface area contributed by atoms with E-state index in [-0.39, 0.29) is 5.91 Å². The molecule has 4 heterocycles. The first-order valence-electron chi connectivity index (χ1n) is 11.6. The van der Waals surface area contributed by atoms with E-state index in [4.69, 9.17) is 4.74 Å². The molecular weight excluding hydrogens is 412 g/mol. The van der Waals surface area contributed by atoms with Crippen LogP contribution in [0.2, 0.25) is 0 Å². The second-order valence-corrected chi connectivity index (χ2v) is 8.68. The van der Waals surface area contributed by atoms with Gasteiger partial charge in [-0.1, -0.05) is 30.3 Å². The van der Waals surface area contributed by atoms with Crippen LogP contribution in [-0.2, 0) is 11.2 Å². The van der Waals surface area contributed by atoms with Gasteiger partial charge in [-0.25, -0.2) is 0 Å². The van der Waals surface area contributed by atoms with Gasteiger partial charge in [-0.2, -0.15) is 0 Å². The lowest BCUT2D eigenvalue weighted by Crippen LogP contribution is -2.36. The van der Waals surface area contributed by atoms with Gasteiger partial charge in [0, 0.05) is 53.4 Å². The lowest BCUT2D eigenvalue weighted by molar-refractivity contribution is 0.0957. The largest absolute Gasteiger partial charge is 0.378 e. The van der Waals surface area contributed by atoms with Crippen molar-refractivity contribution >= 4 is 45.4 Å². The molecule has 2 N–H and O–H groups in total. The summed E-state index contributed by atoms with van der Waals surface area (Å²) >= 11 is 0. The number of rotatable bonds is 3. The number of benzene rings is 2. The number of morpholine rings is 1. The summed E-state index contributed by atoms with van der Waals surface area (Å²) < 4.78 is 5.47. The molecule has 4 aromatic rings. The topological polar surface area (TPSA) is 70.2 Å². The molecule has 33 heavy (non-hydrogen) atoms. The van der Waals surface area contributed by atoms with E-state index in [0.717, 1.165) is 89.9 Å². The molecule has 0 bridgehead atoms. The molecule has 1 fully saturated rings. The zero-order valence-corrected chi connectivity index (χ0v) is 18.4. The van der Waals surface area contributed by atoms with Crippen molar-refractivity contribution in [2.45, 2.75) is 12.8 Å². The number of nitrogens with zero attached hydrogens (tertiary/aromatic N) is 2. The zero-order valence-electron chi connectivity index (χ0n) is 18.4. The first-order valence-corrected chi connectivity index (χ1v) is 11.6. The van der Waals surface area contributed by atoms with E-state index in [0.29, 0.717) is 0 Å². The maximum atomic E-state index is 12.6. The highest BCUT2D eigenvalue weighted by atomic mass is 16.5. The van der Waals surface area contributed by atoms with Crippen LogP contribution in [0.1, 0.15) is 33.7 Å². The average molecular weight is 439 g/mol. The van der Waals surface area contributed by atoms with E-state index in [1.165, 1.54) is 5.69 Å². The molecule has 0 aliphatic carbocycles. The Morgan fingerprint density at radius 1 is 1.03 bits per heavy atom. The van der Waals surface area contributed by atoms with Gasteiger partial charge >= 0.3 is 0 Å². The average Bonchev–Trinajstić information content (AvgIpc) is 3.15. The first kappa shape index (κ1) is 20.0. The highest BCUT2D eigenvalue weighted by Crippen LogP contribution is 2.31. The van der Waals surface area contributed by atoms with Crippen LogP contribution in [0, 0.1) is 0 Å². The molecule has 6 nitrogen and oxygen atoms in total. The lowest BCUT2D eigenvalue weighted by Gasteiger charge is -2.29. The van der Waals surface area contributed by atoms with Crippen molar-refractivity contribution in [2.24, 2.45) is 0 Å². The maximum Gasteiger partial charge on any atom is 0.253 e. The van der Waals surface area contributed by atoms with Gasteiger partial charge in [0.25, 0.3) is 5.91 Å². The Labute approximate surface area is 192 Å². The van der Waals surface area contributed by atoms with Crippen LogP contribution in [0.3, 0.4) is 0 Å². The Bertz CT molecular complexity index is 1380. The van der Waals surface area contributed by atoms with Crippen molar-refractivity contribution in [2.75, 3.05) is 37.7 Å². The van der Waals surface area contributed by atoms with Crippen LogP contribution in [0.25, 0.3) is 33.8 Å². The van der Waals surface area contributed by atoms with E-state index >= 15 is 0 Å². The third kappa shape index (κ3) is 3.76. The number of amides is 1. The molecule has 0 radical (unpaired) electrons. The molecule has 6 heteroatoms. The molecule has 2 aliphatic rings. The SMILES string of the molecule is O=C1NCCCc2[nH]c3c(ccc4cnc(/C=C/c5cccc(N6CCOCC6)c5)cc43)c21. The maximum absolute atomic E-state index is 12.6. The molecule has 2 aromatic heterocycles.